The van der Waals surface area contributed by atoms with E-state index >= 15 is 0 Å². The predicted molar refractivity (Wildman–Crippen MR) is 157 cm³/mol. The van der Waals surface area contributed by atoms with Crippen molar-refractivity contribution in [1.82, 2.24) is 0 Å². The average Bonchev–Trinajstić information content (AvgIpc) is 2.95. The Balaban J connectivity index is 0.00000441. The highest BCUT2D eigenvalue weighted by Gasteiger charge is 2.32. The second-order valence-electron chi connectivity index (χ2n) is 11.3. The van der Waals surface area contributed by atoms with Gasteiger partial charge < -0.3 is 26.6 Å². The van der Waals surface area contributed by atoms with Gasteiger partial charge in [0.1, 0.15) is 0 Å². The Hall–Kier alpha value is -2.79. The standard InChI is InChI=1S/C34H46NO4.ClH/c1-25(2)14-13-21-39-34-30-24-35-28(16-9-7-5-6-8-10-18-33(36)38-4)22-26-15-11-12-17-29(26)31(35)23-27(30)19-20-32(34)37-3;/h11-12,15,17,19-20,23-25,28H,5-10,13-14,16,18,21-22H2,1-4H3;1H/q+1;/p-1. The molecule has 0 spiro atoms. The van der Waals surface area contributed by atoms with E-state index in [-0.39, 0.29) is 18.4 Å². The zero-order valence-corrected chi connectivity index (χ0v) is 25.5. The second kappa shape index (κ2) is 15.9. The summed E-state index contributed by atoms with van der Waals surface area (Å²) in [6.45, 7) is 5.20. The minimum atomic E-state index is -0.0995. The van der Waals surface area contributed by atoms with Crippen molar-refractivity contribution >= 4 is 16.7 Å². The minimum Gasteiger partial charge on any atom is -1.00 e. The van der Waals surface area contributed by atoms with Crippen molar-refractivity contribution in [2.45, 2.75) is 90.5 Å². The van der Waals surface area contributed by atoms with E-state index in [4.69, 9.17) is 14.2 Å². The van der Waals surface area contributed by atoms with Crippen LogP contribution in [-0.2, 0) is 16.0 Å². The van der Waals surface area contributed by atoms with E-state index in [1.165, 1.54) is 55.0 Å². The maximum atomic E-state index is 11.3. The number of carbonyl (C=O) groups excluding carboxylic acids is 1. The lowest BCUT2D eigenvalue weighted by atomic mass is 9.89. The Kier molecular flexibility index (Phi) is 12.6. The first-order valence-corrected chi connectivity index (χ1v) is 14.9. The highest BCUT2D eigenvalue weighted by atomic mass is 35.5. The van der Waals surface area contributed by atoms with Gasteiger partial charge in [0.2, 0.25) is 5.69 Å². The summed E-state index contributed by atoms with van der Waals surface area (Å²) in [5, 5.41) is 2.31. The Labute approximate surface area is 246 Å². The number of ether oxygens (including phenoxy) is 3. The van der Waals surface area contributed by atoms with Crippen LogP contribution in [0.15, 0.2) is 48.7 Å². The van der Waals surface area contributed by atoms with E-state index in [1.807, 2.05) is 6.07 Å². The zero-order valence-electron chi connectivity index (χ0n) is 24.7. The Morgan fingerprint density at radius 2 is 1.73 bits per heavy atom. The molecule has 6 heteroatoms. The van der Waals surface area contributed by atoms with Crippen LogP contribution in [0.1, 0.15) is 89.7 Å². The van der Waals surface area contributed by atoms with Crippen molar-refractivity contribution in [1.29, 1.82) is 0 Å². The highest BCUT2D eigenvalue weighted by Crippen LogP contribution is 2.39. The second-order valence-corrected chi connectivity index (χ2v) is 11.3. The summed E-state index contributed by atoms with van der Waals surface area (Å²) in [5.74, 6) is 2.23. The lowest BCUT2D eigenvalue weighted by Gasteiger charge is -2.23. The van der Waals surface area contributed by atoms with Crippen molar-refractivity contribution in [2.24, 2.45) is 5.92 Å². The molecule has 2 aromatic carbocycles. The molecule has 0 saturated heterocycles. The number of pyridine rings is 1. The van der Waals surface area contributed by atoms with Crippen molar-refractivity contribution in [3.63, 3.8) is 0 Å². The molecule has 0 N–H and O–H groups in total. The van der Waals surface area contributed by atoms with Gasteiger partial charge in [0.25, 0.3) is 0 Å². The lowest BCUT2D eigenvalue weighted by molar-refractivity contribution is -0.714. The number of hydrogen-bond acceptors (Lipinski definition) is 4. The molecule has 0 bridgehead atoms. The van der Waals surface area contributed by atoms with Gasteiger partial charge in [0.05, 0.1) is 26.2 Å². The van der Waals surface area contributed by atoms with E-state index in [0.29, 0.717) is 25.0 Å². The maximum Gasteiger partial charge on any atom is 0.305 e. The van der Waals surface area contributed by atoms with Gasteiger partial charge in [-0.25, -0.2) is 0 Å². The fraction of sp³-hybridized carbons (Fsp3) is 0.529. The molecule has 3 aromatic rings. The van der Waals surface area contributed by atoms with E-state index in [1.54, 1.807) is 7.11 Å². The zero-order chi connectivity index (χ0) is 27.6. The number of unbranched alkanes of at least 4 members (excludes halogenated alkanes) is 5. The third-order valence-corrected chi connectivity index (χ3v) is 7.96. The first-order chi connectivity index (χ1) is 19.0. The van der Waals surface area contributed by atoms with Gasteiger partial charge in [0.15, 0.2) is 23.7 Å². The molecule has 40 heavy (non-hydrogen) atoms. The molecule has 0 saturated carbocycles. The summed E-state index contributed by atoms with van der Waals surface area (Å²) >= 11 is 0. The quantitative estimate of drug-likeness (QED) is 0.147. The van der Waals surface area contributed by atoms with Gasteiger partial charge >= 0.3 is 5.97 Å². The lowest BCUT2D eigenvalue weighted by Crippen LogP contribution is -3.00. The number of carbonyl (C=O) groups is 1. The number of hydrogen-bond donors (Lipinski definition) is 0. The van der Waals surface area contributed by atoms with Crippen molar-refractivity contribution < 1.29 is 36.0 Å². The molecule has 1 aromatic heterocycles. The number of halogens is 1. The minimum absolute atomic E-state index is 0. The van der Waals surface area contributed by atoms with Gasteiger partial charge in [-0.1, -0.05) is 57.7 Å². The van der Waals surface area contributed by atoms with Crippen LogP contribution >= 0.6 is 0 Å². The van der Waals surface area contributed by atoms with Crippen molar-refractivity contribution in [2.75, 3.05) is 20.8 Å². The predicted octanol–water partition coefficient (Wildman–Crippen LogP) is 5.01. The molecule has 0 amide bonds. The number of esters is 1. The summed E-state index contributed by atoms with van der Waals surface area (Å²) in [5.41, 5.74) is 4.05. The van der Waals surface area contributed by atoms with Crippen LogP contribution in [0.25, 0.3) is 22.0 Å². The first-order valence-electron chi connectivity index (χ1n) is 14.9. The molecule has 4 rings (SSSR count). The molecule has 0 fully saturated rings. The fourth-order valence-electron chi connectivity index (χ4n) is 5.78. The van der Waals surface area contributed by atoms with E-state index in [9.17, 15) is 4.79 Å². The summed E-state index contributed by atoms with van der Waals surface area (Å²) in [4.78, 5) is 11.3. The number of fused-ring (bicyclic) bond motifs is 4. The highest BCUT2D eigenvalue weighted by molar-refractivity contribution is 5.91. The third-order valence-electron chi connectivity index (χ3n) is 7.96. The van der Waals surface area contributed by atoms with E-state index in [2.05, 4.69) is 61.0 Å². The van der Waals surface area contributed by atoms with Gasteiger partial charge in [-0.15, -0.1) is 0 Å². The summed E-state index contributed by atoms with van der Waals surface area (Å²) in [7, 11) is 3.19. The molecule has 2 heterocycles. The number of benzene rings is 2. The molecule has 5 nitrogen and oxygen atoms in total. The van der Waals surface area contributed by atoms with Crippen LogP contribution in [0.5, 0.6) is 11.5 Å². The molecular weight excluding hydrogens is 522 g/mol. The third kappa shape index (κ3) is 8.13. The van der Waals surface area contributed by atoms with Crippen molar-refractivity contribution in [3.05, 3.63) is 54.2 Å². The number of aromatic nitrogens is 1. The maximum absolute atomic E-state index is 11.3. The monoisotopic (exact) mass is 567 g/mol. The Morgan fingerprint density at radius 1 is 0.975 bits per heavy atom. The normalized spacial score (nSPS) is 13.9. The van der Waals surface area contributed by atoms with Crippen LogP contribution in [0.2, 0.25) is 0 Å². The Bertz CT molecular complexity index is 1240. The summed E-state index contributed by atoms with van der Waals surface area (Å²) in [6, 6.07) is 15.8. The largest absolute Gasteiger partial charge is 1.00 e. The molecular formula is C34H46ClNO4. The summed E-state index contributed by atoms with van der Waals surface area (Å²) < 4.78 is 19.4. The van der Waals surface area contributed by atoms with Gasteiger partial charge in [-0.05, 0) is 60.7 Å². The smallest absolute Gasteiger partial charge is 0.305 e. The van der Waals surface area contributed by atoms with Gasteiger partial charge in [-0.3, -0.25) is 4.79 Å². The van der Waals surface area contributed by atoms with Gasteiger partial charge in [-0.2, -0.15) is 4.57 Å². The van der Waals surface area contributed by atoms with Crippen LogP contribution in [0.3, 0.4) is 0 Å². The van der Waals surface area contributed by atoms with Crippen LogP contribution in [0, 0.1) is 5.92 Å². The number of methoxy groups -OCH3 is 2. The molecule has 0 aliphatic carbocycles. The van der Waals surface area contributed by atoms with Crippen LogP contribution in [0.4, 0.5) is 0 Å². The number of nitrogens with zero attached hydrogens (tertiary/aromatic N) is 1. The van der Waals surface area contributed by atoms with E-state index < -0.39 is 0 Å². The first kappa shape index (κ1) is 31.7. The molecule has 1 aliphatic rings. The fourth-order valence-corrected chi connectivity index (χ4v) is 5.78. The van der Waals surface area contributed by atoms with E-state index in [0.717, 1.165) is 55.4 Å². The molecule has 218 valence electrons. The molecule has 1 atom stereocenters. The topological polar surface area (TPSA) is 48.6 Å². The molecule has 1 aliphatic heterocycles. The Morgan fingerprint density at radius 3 is 2.48 bits per heavy atom. The van der Waals surface area contributed by atoms with Gasteiger partial charge in [0, 0.05) is 30.9 Å². The molecule has 0 radical (unpaired) electrons. The van der Waals surface area contributed by atoms with Crippen molar-refractivity contribution in [3.8, 4) is 22.8 Å². The SMILES string of the molecule is COC(=O)CCCCCCCCC1Cc2ccccc2-c2cc3ccc(OC)c(OCCCC(C)C)c3c[n+]21.[Cl-]. The van der Waals surface area contributed by atoms with Crippen LogP contribution < -0.4 is 26.4 Å². The molecule has 1 unspecified atom stereocenters. The average molecular weight is 568 g/mol. The summed E-state index contributed by atoms with van der Waals surface area (Å²) in [6.07, 6.45) is 14.1. The number of rotatable bonds is 15. The van der Waals surface area contributed by atoms with Crippen LogP contribution in [-0.4, -0.2) is 26.8 Å².